The second-order valence-corrected chi connectivity index (χ2v) is 9.95. The van der Waals surface area contributed by atoms with Gasteiger partial charge in [-0.3, -0.25) is 14.2 Å². The second kappa shape index (κ2) is 8.74. The third-order valence-corrected chi connectivity index (χ3v) is 5.95. The Balaban J connectivity index is 1.76. The highest BCUT2D eigenvalue weighted by Crippen LogP contribution is 2.21. The molecule has 0 aliphatic heterocycles. The minimum Gasteiger partial charge on any atom is -0.322 e. The van der Waals surface area contributed by atoms with Crippen molar-refractivity contribution in [3.8, 4) is 0 Å². The van der Waals surface area contributed by atoms with Gasteiger partial charge < -0.3 is 5.32 Å². The Bertz CT molecular complexity index is 1320. The molecule has 11 heteroatoms. The van der Waals surface area contributed by atoms with Crippen LogP contribution in [0.4, 0.5) is 21.5 Å². The Hall–Kier alpha value is -3.44. The van der Waals surface area contributed by atoms with Crippen LogP contribution in [0.3, 0.4) is 0 Å². The first kappa shape index (κ1) is 22.2. The molecule has 0 aromatic heterocycles. The molecule has 31 heavy (non-hydrogen) atoms. The number of rotatable bonds is 7. The lowest BCUT2D eigenvalue weighted by molar-refractivity contribution is 0.102. The number of halogens is 1. The van der Waals surface area contributed by atoms with E-state index in [4.69, 9.17) is 0 Å². The fourth-order valence-electron chi connectivity index (χ4n) is 2.65. The molecule has 3 aromatic carbocycles. The van der Waals surface area contributed by atoms with Crippen molar-refractivity contribution in [1.82, 2.24) is 0 Å². The minimum atomic E-state index is -3.96. The van der Waals surface area contributed by atoms with Crippen molar-refractivity contribution < 1.29 is 26.0 Å². The summed E-state index contributed by atoms with van der Waals surface area (Å²) in [6, 6.07) is 16.4. The third kappa shape index (κ3) is 6.03. The predicted molar refractivity (Wildman–Crippen MR) is 117 cm³/mol. The van der Waals surface area contributed by atoms with E-state index in [0.717, 1.165) is 12.3 Å². The van der Waals surface area contributed by atoms with Gasteiger partial charge in [-0.25, -0.2) is 21.2 Å². The number of carbonyl (C=O) groups is 1. The fraction of sp³-hybridized carbons (Fsp3) is 0.0500. The Labute approximate surface area is 179 Å². The lowest BCUT2D eigenvalue weighted by Gasteiger charge is -2.12. The summed E-state index contributed by atoms with van der Waals surface area (Å²) in [5.41, 5.74) is 0.578. The second-order valence-electron chi connectivity index (χ2n) is 6.51. The molecule has 0 atom stereocenters. The number of hydrogen-bond donors (Lipinski definition) is 3. The van der Waals surface area contributed by atoms with E-state index >= 15 is 0 Å². The smallest absolute Gasteiger partial charge is 0.261 e. The summed E-state index contributed by atoms with van der Waals surface area (Å²) < 4.78 is 65.7. The van der Waals surface area contributed by atoms with Gasteiger partial charge in [0.15, 0.2) is 0 Å². The molecule has 1 amide bonds. The van der Waals surface area contributed by atoms with Crippen LogP contribution in [0.2, 0.25) is 0 Å². The van der Waals surface area contributed by atoms with Crippen molar-refractivity contribution in [1.29, 1.82) is 0 Å². The number of amides is 1. The summed E-state index contributed by atoms with van der Waals surface area (Å²) >= 11 is 0. The molecule has 0 radical (unpaired) electrons. The van der Waals surface area contributed by atoms with E-state index in [1.165, 1.54) is 54.6 Å². The molecule has 0 bridgehead atoms. The van der Waals surface area contributed by atoms with Gasteiger partial charge >= 0.3 is 0 Å². The first-order valence-corrected chi connectivity index (χ1v) is 12.2. The van der Waals surface area contributed by atoms with E-state index in [1.54, 1.807) is 12.1 Å². The number of para-hydroxylation sites is 1. The summed E-state index contributed by atoms with van der Waals surface area (Å²) in [7, 11) is -7.54. The molecule has 162 valence electrons. The first-order chi connectivity index (χ1) is 14.5. The number of anilines is 3. The van der Waals surface area contributed by atoms with Gasteiger partial charge in [0.1, 0.15) is 5.82 Å². The van der Waals surface area contributed by atoms with E-state index in [2.05, 4.69) is 14.8 Å². The molecule has 0 heterocycles. The van der Waals surface area contributed by atoms with Crippen molar-refractivity contribution in [2.75, 3.05) is 21.0 Å². The maximum atomic E-state index is 13.3. The minimum absolute atomic E-state index is 0.0763. The average molecular weight is 464 g/mol. The Kier molecular flexibility index (Phi) is 6.27. The van der Waals surface area contributed by atoms with Gasteiger partial charge in [0.05, 0.1) is 28.1 Å². The third-order valence-electron chi connectivity index (χ3n) is 3.97. The zero-order valence-electron chi connectivity index (χ0n) is 16.2. The standard InChI is InChI=1S/C20H18FN3O5S2/c1-30(26,27)24-19-8-3-2-7-18(19)20(25)22-15-9-11-17(12-10-15)31(28,29)23-16-6-4-5-14(21)13-16/h2-13,23-24H,1H3,(H,22,25). The first-order valence-electron chi connectivity index (χ1n) is 8.80. The summed E-state index contributed by atoms with van der Waals surface area (Å²) in [4.78, 5) is 12.5. The van der Waals surface area contributed by atoms with Gasteiger partial charge in [-0.15, -0.1) is 0 Å². The van der Waals surface area contributed by atoms with Crippen LogP contribution in [0.1, 0.15) is 10.4 Å². The van der Waals surface area contributed by atoms with Crippen molar-refractivity contribution in [3.63, 3.8) is 0 Å². The number of hydrogen-bond acceptors (Lipinski definition) is 5. The lowest BCUT2D eigenvalue weighted by Crippen LogP contribution is -2.17. The summed E-state index contributed by atoms with van der Waals surface area (Å²) in [5.74, 6) is -1.16. The number of nitrogens with one attached hydrogen (secondary N) is 3. The van der Waals surface area contributed by atoms with Gasteiger partial charge in [0, 0.05) is 5.69 Å². The van der Waals surface area contributed by atoms with Crippen LogP contribution in [0.5, 0.6) is 0 Å². The van der Waals surface area contributed by atoms with E-state index in [1.807, 2.05) is 0 Å². The quantitative estimate of drug-likeness (QED) is 0.497. The topological polar surface area (TPSA) is 121 Å². The van der Waals surface area contributed by atoms with Crippen LogP contribution in [0.25, 0.3) is 0 Å². The van der Waals surface area contributed by atoms with Crippen molar-refractivity contribution in [2.45, 2.75) is 4.90 Å². The zero-order valence-corrected chi connectivity index (χ0v) is 17.8. The molecule has 3 aromatic rings. The molecule has 8 nitrogen and oxygen atoms in total. The number of benzene rings is 3. The van der Waals surface area contributed by atoms with Crippen LogP contribution in [0.15, 0.2) is 77.7 Å². The molecular formula is C20H18FN3O5S2. The van der Waals surface area contributed by atoms with Crippen molar-refractivity contribution >= 4 is 43.0 Å². The van der Waals surface area contributed by atoms with Gasteiger partial charge in [-0.1, -0.05) is 18.2 Å². The molecular weight excluding hydrogens is 445 g/mol. The lowest BCUT2D eigenvalue weighted by atomic mass is 10.1. The average Bonchev–Trinajstić information content (AvgIpc) is 2.67. The molecule has 0 aliphatic rings. The van der Waals surface area contributed by atoms with E-state index in [0.29, 0.717) is 5.69 Å². The maximum absolute atomic E-state index is 13.3. The van der Waals surface area contributed by atoms with E-state index in [-0.39, 0.29) is 21.8 Å². The maximum Gasteiger partial charge on any atom is 0.261 e. The van der Waals surface area contributed by atoms with Crippen molar-refractivity contribution in [2.24, 2.45) is 0 Å². The summed E-state index contributed by atoms with van der Waals surface area (Å²) in [6.07, 6.45) is 0.971. The predicted octanol–water partition coefficient (Wildman–Crippen LogP) is 3.25. The molecule has 0 unspecified atom stereocenters. The van der Waals surface area contributed by atoms with Gasteiger partial charge in [-0.2, -0.15) is 0 Å². The molecule has 3 rings (SSSR count). The van der Waals surface area contributed by atoms with Crippen LogP contribution < -0.4 is 14.8 Å². The number of sulfonamides is 2. The normalized spacial score (nSPS) is 11.5. The van der Waals surface area contributed by atoms with Crippen molar-refractivity contribution in [3.05, 3.63) is 84.2 Å². The SMILES string of the molecule is CS(=O)(=O)Nc1ccccc1C(=O)Nc1ccc(S(=O)(=O)Nc2cccc(F)c2)cc1. The van der Waals surface area contributed by atoms with E-state index < -0.39 is 31.8 Å². The molecule has 0 saturated heterocycles. The van der Waals surface area contributed by atoms with E-state index in [9.17, 15) is 26.0 Å². The van der Waals surface area contributed by atoms with Crippen LogP contribution >= 0.6 is 0 Å². The Morgan fingerprint density at radius 1 is 0.806 bits per heavy atom. The number of carbonyl (C=O) groups excluding carboxylic acids is 1. The highest BCUT2D eigenvalue weighted by atomic mass is 32.2. The van der Waals surface area contributed by atoms with Gasteiger partial charge in [0.25, 0.3) is 15.9 Å². The Morgan fingerprint density at radius 3 is 2.13 bits per heavy atom. The molecule has 0 saturated carbocycles. The summed E-state index contributed by atoms with van der Waals surface area (Å²) in [6.45, 7) is 0. The van der Waals surface area contributed by atoms with Gasteiger partial charge in [0.2, 0.25) is 10.0 Å². The molecule has 0 aliphatic carbocycles. The highest BCUT2D eigenvalue weighted by Gasteiger charge is 2.16. The monoisotopic (exact) mass is 463 g/mol. The molecule has 0 spiro atoms. The Morgan fingerprint density at radius 2 is 1.48 bits per heavy atom. The fourth-order valence-corrected chi connectivity index (χ4v) is 4.28. The largest absolute Gasteiger partial charge is 0.322 e. The van der Waals surface area contributed by atoms with Crippen LogP contribution in [-0.2, 0) is 20.0 Å². The highest BCUT2D eigenvalue weighted by molar-refractivity contribution is 7.92. The van der Waals surface area contributed by atoms with Crippen LogP contribution in [0, 0.1) is 5.82 Å². The zero-order chi connectivity index (χ0) is 22.6. The molecule has 0 fully saturated rings. The van der Waals surface area contributed by atoms with Gasteiger partial charge in [-0.05, 0) is 54.6 Å². The molecule has 3 N–H and O–H groups in total. The van der Waals surface area contributed by atoms with Crippen LogP contribution in [-0.4, -0.2) is 29.0 Å². The summed E-state index contributed by atoms with van der Waals surface area (Å²) in [5, 5.41) is 2.58.